The van der Waals surface area contributed by atoms with Gasteiger partial charge in [-0.05, 0) is 18.2 Å². The Hall–Kier alpha value is -1.85. The number of non-ortho nitro benzene ring substituents is 1. The number of nitro benzene ring substituents is 1. The second kappa shape index (κ2) is 5.86. The normalized spacial score (nSPS) is 10.2. The quantitative estimate of drug-likeness (QED) is 0.488. The smallest absolute Gasteiger partial charge is 0.273 e. The molecule has 1 heterocycles. The number of aromatic nitrogens is 1. The number of hydrogen-bond donors (Lipinski definition) is 0. The average Bonchev–Trinajstić information content (AvgIpc) is 2.37. The van der Waals surface area contributed by atoms with Crippen LogP contribution in [0, 0.1) is 10.1 Å². The van der Waals surface area contributed by atoms with Crippen LogP contribution in [-0.2, 0) is 6.61 Å². The second-order valence-electron chi connectivity index (χ2n) is 3.61. The predicted octanol–water partition coefficient (Wildman–Crippen LogP) is 3.88. The summed E-state index contributed by atoms with van der Waals surface area (Å²) >= 11 is 11.6. The summed E-state index contributed by atoms with van der Waals surface area (Å²) in [5.74, 6) is 0.234. The minimum Gasteiger partial charge on any atom is -0.485 e. The second-order valence-corrected chi connectivity index (χ2v) is 4.41. The summed E-state index contributed by atoms with van der Waals surface area (Å²) in [6.07, 6.45) is 0. The largest absolute Gasteiger partial charge is 0.485 e. The molecule has 0 atom stereocenters. The topological polar surface area (TPSA) is 65.3 Å². The maximum Gasteiger partial charge on any atom is 0.273 e. The van der Waals surface area contributed by atoms with Crippen molar-refractivity contribution in [3.63, 3.8) is 0 Å². The van der Waals surface area contributed by atoms with Gasteiger partial charge < -0.3 is 4.74 Å². The van der Waals surface area contributed by atoms with E-state index in [1.54, 1.807) is 18.2 Å². The van der Waals surface area contributed by atoms with Gasteiger partial charge in [-0.25, -0.2) is 4.98 Å². The van der Waals surface area contributed by atoms with Gasteiger partial charge in [-0.2, -0.15) is 0 Å². The van der Waals surface area contributed by atoms with E-state index in [2.05, 4.69) is 4.98 Å². The van der Waals surface area contributed by atoms with Crippen LogP contribution in [0.4, 0.5) is 5.69 Å². The summed E-state index contributed by atoms with van der Waals surface area (Å²) in [7, 11) is 0. The van der Waals surface area contributed by atoms with Crippen molar-refractivity contribution < 1.29 is 9.66 Å². The maximum absolute atomic E-state index is 10.7. The summed E-state index contributed by atoms with van der Waals surface area (Å²) < 4.78 is 5.41. The Morgan fingerprint density at radius 1 is 1.26 bits per heavy atom. The van der Waals surface area contributed by atoms with E-state index in [0.717, 1.165) is 0 Å². The number of halogens is 2. The van der Waals surface area contributed by atoms with Crippen molar-refractivity contribution >= 4 is 28.9 Å². The van der Waals surface area contributed by atoms with Gasteiger partial charge in [0, 0.05) is 6.07 Å². The van der Waals surface area contributed by atoms with Crippen molar-refractivity contribution in [3.05, 3.63) is 62.4 Å². The highest BCUT2D eigenvalue weighted by molar-refractivity contribution is 6.32. The molecule has 0 saturated heterocycles. The van der Waals surface area contributed by atoms with E-state index in [1.165, 1.54) is 18.2 Å². The van der Waals surface area contributed by atoms with E-state index in [9.17, 15) is 10.1 Å². The number of benzene rings is 1. The molecule has 1 aromatic heterocycles. The van der Waals surface area contributed by atoms with E-state index in [-0.39, 0.29) is 18.0 Å². The first-order chi connectivity index (χ1) is 9.06. The molecule has 0 unspecified atom stereocenters. The SMILES string of the molecule is O=[N+]([O-])c1ccc(Cl)c(OCc2cccc(Cl)n2)c1. The molecule has 0 fully saturated rings. The van der Waals surface area contributed by atoms with Crippen LogP contribution in [0.15, 0.2) is 36.4 Å². The molecule has 0 saturated carbocycles. The van der Waals surface area contributed by atoms with Gasteiger partial charge in [0.05, 0.1) is 21.7 Å². The number of rotatable bonds is 4. The van der Waals surface area contributed by atoms with Crippen LogP contribution in [-0.4, -0.2) is 9.91 Å². The van der Waals surface area contributed by atoms with Crippen molar-refractivity contribution in [3.8, 4) is 5.75 Å². The molecule has 0 aliphatic heterocycles. The van der Waals surface area contributed by atoms with Crippen LogP contribution in [0.25, 0.3) is 0 Å². The van der Waals surface area contributed by atoms with Crippen molar-refractivity contribution in [1.29, 1.82) is 0 Å². The standard InChI is InChI=1S/C12H8Cl2N2O3/c13-10-5-4-9(16(17)18)6-11(10)19-7-8-2-1-3-12(14)15-8/h1-6H,7H2. The summed E-state index contributed by atoms with van der Waals surface area (Å²) in [5, 5.41) is 11.3. The first-order valence-electron chi connectivity index (χ1n) is 5.24. The lowest BCUT2D eigenvalue weighted by Gasteiger charge is -2.07. The third-order valence-electron chi connectivity index (χ3n) is 2.27. The summed E-state index contributed by atoms with van der Waals surface area (Å²) in [6.45, 7) is 0.126. The Labute approximate surface area is 118 Å². The summed E-state index contributed by atoms with van der Waals surface area (Å²) in [6, 6.07) is 9.12. The van der Waals surface area contributed by atoms with Gasteiger partial charge in [-0.3, -0.25) is 10.1 Å². The monoisotopic (exact) mass is 298 g/mol. The molecule has 1 aromatic carbocycles. The molecule has 98 valence electrons. The highest BCUT2D eigenvalue weighted by atomic mass is 35.5. The lowest BCUT2D eigenvalue weighted by atomic mass is 10.3. The lowest BCUT2D eigenvalue weighted by molar-refractivity contribution is -0.384. The fourth-order valence-electron chi connectivity index (χ4n) is 1.40. The molecular formula is C12H8Cl2N2O3. The Kier molecular flexibility index (Phi) is 4.19. The molecule has 0 radical (unpaired) electrons. The molecule has 0 amide bonds. The highest BCUT2D eigenvalue weighted by Gasteiger charge is 2.11. The first-order valence-corrected chi connectivity index (χ1v) is 6.00. The minimum absolute atomic E-state index is 0.0848. The average molecular weight is 299 g/mol. The van der Waals surface area contributed by atoms with Crippen molar-refractivity contribution in [2.75, 3.05) is 0 Å². The fraction of sp³-hybridized carbons (Fsp3) is 0.0833. The summed E-state index contributed by atoms with van der Waals surface area (Å²) in [4.78, 5) is 14.2. The van der Waals surface area contributed by atoms with Crippen LogP contribution in [0.3, 0.4) is 0 Å². The Morgan fingerprint density at radius 3 is 2.74 bits per heavy atom. The van der Waals surface area contributed by atoms with Crippen LogP contribution in [0.5, 0.6) is 5.75 Å². The Balaban J connectivity index is 2.15. The zero-order valence-corrected chi connectivity index (χ0v) is 11.1. The number of hydrogen-bond acceptors (Lipinski definition) is 4. The number of nitro groups is 1. The highest BCUT2D eigenvalue weighted by Crippen LogP contribution is 2.29. The Morgan fingerprint density at radius 2 is 2.05 bits per heavy atom. The lowest BCUT2D eigenvalue weighted by Crippen LogP contribution is -1.99. The zero-order valence-electron chi connectivity index (χ0n) is 9.55. The van der Waals surface area contributed by atoms with Crippen molar-refractivity contribution in [1.82, 2.24) is 4.98 Å². The molecule has 2 rings (SSSR count). The number of pyridine rings is 1. The first kappa shape index (κ1) is 13.6. The molecule has 0 spiro atoms. The minimum atomic E-state index is -0.513. The maximum atomic E-state index is 10.7. The Bertz CT molecular complexity index is 620. The molecule has 0 aliphatic carbocycles. The molecule has 0 N–H and O–H groups in total. The van der Waals surface area contributed by atoms with E-state index in [1.807, 2.05) is 0 Å². The molecule has 19 heavy (non-hydrogen) atoms. The van der Waals surface area contributed by atoms with Gasteiger partial charge in [0.25, 0.3) is 5.69 Å². The fourth-order valence-corrected chi connectivity index (χ4v) is 1.75. The van der Waals surface area contributed by atoms with Gasteiger partial charge >= 0.3 is 0 Å². The van der Waals surface area contributed by atoms with Crippen LogP contribution in [0.2, 0.25) is 10.2 Å². The third kappa shape index (κ3) is 3.56. The van der Waals surface area contributed by atoms with Crippen LogP contribution in [0.1, 0.15) is 5.69 Å². The van der Waals surface area contributed by atoms with Crippen molar-refractivity contribution in [2.24, 2.45) is 0 Å². The van der Waals surface area contributed by atoms with Crippen LogP contribution < -0.4 is 4.74 Å². The molecule has 0 bridgehead atoms. The van der Waals surface area contributed by atoms with Gasteiger partial charge in [0.15, 0.2) is 0 Å². The van der Waals surface area contributed by atoms with E-state index in [4.69, 9.17) is 27.9 Å². The molecule has 0 aliphatic rings. The molecule has 7 heteroatoms. The van der Waals surface area contributed by atoms with Gasteiger partial charge in [0.2, 0.25) is 0 Å². The van der Waals surface area contributed by atoms with Gasteiger partial charge in [-0.1, -0.05) is 29.3 Å². The van der Waals surface area contributed by atoms with Crippen LogP contribution >= 0.6 is 23.2 Å². The number of ether oxygens (including phenoxy) is 1. The van der Waals surface area contributed by atoms with E-state index >= 15 is 0 Å². The zero-order chi connectivity index (χ0) is 13.8. The van der Waals surface area contributed by atoms with Gasteiger partial charge in [-0.15, -0.1) is 0 Å². The summed E-state index contributed by atoms with van der Waals surface area (Å²) in [5.41, 5.74) is 0.522. The van der Waals surface area contributed by atoms with Gasteiger partial charge in [0.1, 0.15) is 17.5 Å². The third-order valence-corrected chi connectivity index (χ3v) is 2.80. The van der Waals surface area contributed by atoms with E-state index < -0.39 is 4.92 Å². The molecule has 5 nitrogen and oxygen atoms in total. The predicted molar refractivity (Wildman–Crippen MR) is 71.7 cm³/mol. The number of nitrogens with zero attached hydrogens (tertiary/aromatic N) is 2. The van der Waals surface area contributed by atoms with E-state index in [0.29, 0.717) is 15.9 Å². The van der Waals surface area contributed by atoms with Crippen molar-refractivity contribution in [2.45, 2.75) is 6.61 Å². The molecular weight excluding hydrogens is 291 g/mol. The molecule has 2 aromatic rings.